The minimum Gasteiger partial charge on any atom is -0.465 e. The second-order valence-corrected chi connectivity index (χ2v) is 5.31. The Kier molecular flexibility index (Phi) is 5.16. The zero-order chi connectivity index (χ0) is 17.0. The van der Waals surface area contributed by atoms with Crippen LogP contribution < -0.4 is 0 Å². The maximum atomic E-state index is 12.6. The molecule has 0 fully saturated rings. The fourth-order valence-corrected chi connectivity index (χ4v) is 2.59. The molecule has 0 radical (unpaired) electrons. The van der Waals surface area contributed by atoms with Crippen molar-refractivity contribution in [2.75, 3.05) is 13.7 Å². The Morgan fingerprint density at radius 1 is 1.30 bits per heavy atom. The van der Waals surface area contributed by atoms with Crippen LogP contribution in [0.5, 0.6) is 0 Å². The molecule has 0 N–H and O–H groups in total. The zero-order valence-corrected chi connectivity index (χ0v) is 13.8. The van der Waals surface area contributed by atoms with E-state index >= 15 is 0 Å². The van der Waals surface area contributed by atoms with Crippen LogP contribution in [0, 0.1) is 0 Å². The standard InChI is InChI=1S/C19H21NO3/c1-5-11-20-13(3)17(19(22)23-4)16(18(20)21)12-15-9-7-14(6-2)8-10-15/h5,7-10,12H,1,6,11H2,2-4H3. The van der Waals surface area contributed by atoms with Crippen molar-refractivity contribution in [3.8, 4) is 0 Å². The molecule has 0 spiro atoms. The predicted molar refractivity (Wildman–Crippen MR) is 90.4 cm³/mol. The van der Waals surface area contributed by atoms with E-state index in [1.54, 1.807) is 19.1 Å². The molecule has 1 aromatic rings. The molecule has 2 rings (SSSR count). The third-order valence-corrected chi connectivity index (χ3v) is 3.91. The van der Waals surface area contributed by atoms with Crippen molar-refractivity contribution >= 4 is 18.0 Å². The van der Waals surface area contributed by atoms with Gasteiger partial charge in [-0.05, 0) is 30.5 Å². The van der Waals surface area contributed by atoms with Gasteiger partial charge in [0, 0.05) is 12.2 Å². The first-order chi connectivity index (χ1) is 11.0. The number of nitrogens with zero attached hydrogens (tertiary/aromatic N) is 1. The summed E-state index contributed by atoms with van der Waals surface area (Å²) in [5, 5.41) is 0. The summed E-state index contributed by atoms with van der Waals surface area (Å²) < 4.78 is 4.84. The second kappa shape index (κ2) is 7.09. The highest BCUT2D eigenvalue weighted by molar-refractivity contribution is 6.16. The molecule has 1 heterocycles. The number of allylic oxidation sites excluding steroid dienone is 1. The molecule has 0 aromatic heterocycles. The Labute approximate surface area is 136 Å². The van der Waals surface area contributed by atoms with Crippen LogP contribution in [0.25, 0.3) is 6.08 Å². The van der Waals surface area contributed by atoms with Gasteiger partial charge in [-0.2, -0.15) is 0 Å². The normalized spacial score (nSPS) is 16.2. The number of ether oxygens (including phenoxy) is 1. The number of benzene rings is 1. The topological polar surface area (TPSA) is 46.6 Å². The van der Waals surface area contributed by atoms with Crippen molar-refractivity contribution < 1.29 is 14.3 Å². The molecule has 1 amide bonds. The van der Waals surface area contributed by atoms with Gasteiger partial charge in [0.05, 0.1) is 18.3 Å². The highest BCUT2D eigenvalue weighted by atomic mass is 16.5. The lowest BCUT2D eigenvalue weighted by atomic mass is 10.0. The van der Waals surface area contributed by atoms with Gasteiger partial charge < -0.3 is 9.64 Å². The largest absolute Gasteiger partial charge is 0.465 e. The number of rotatable bonds is 5. The lowest BCUT2D eigenvalue weighted by Gasteiger charge is -2.14. The van der Waals surface area contributed by atoms with E-state index in [9.17, 15) is 9.59 Å². The summed E-state index contributed by atoms with van der Waals surface area (Å²) in [7, 11) is 1.32. The van der Waals surface area contributed by atoms with Gasteiger partial charge in [0.2, 0.25) is 0 Å². The summed E-state index contributed by atoms with van der Waals surface area (Å²) in [6.45, 7) is 7.85. The Hall–Kier alpha value is -2.62. The molecule has 4 nitrogen and oxygen atoms in total. The second-order valence-electron chi connectivity index (χ2n) is 5.31. The van der Waals surface area contributed by atoms with Gasteiger partial charge in [-0.1, -0.05) is 37.3 Å². The van der Waals surface area contributed by atoms with Crippen molar-refractivity contribution in [1.29, 1.82) is 0 Å². The van der Waals surface area contributed by atoms with Crippen LogP contribution >= 0.6 is 0 Å². The lowest BCUT2D eigenvalue weighted by Crippen LogP contribution is -2.24. The molecule has 1 aliphatic heterocycles. The minimum absolute atomic E-state index is 0.206. The van der Waals surface area contributed by atoms with Crippen molar-refractivity contribution in [3.05, 3.63) is 64.9 Å². The van der Waals surface area contributed by atoms with E-state index in [4.69, 9.17) is 4.74 Å². The highest BCUT2D eigenvalue weighted by Crippen LogP contribution is 2.31. The molecule has 0 aliphatic carbocycles. The summed E-state index contributed by atoms with van der Waals surface area (Å²) in [4.78, 5) is 26.3. The highest BCUT2D eigenvalue weighted by Gasteiger charge is 2.36. The van der Waals surface area contributed by atoms with E-state index in [-0.39, 0.29) is 5.91 Å². The van der Waals surface area contributed by atoms with Gasteiger partial charge in [-0.3, -0.25) is 4.79 Å². The van der Waals surface area contributed by atoms with E-state index in [2.05, 4.69) is 13.5 Å². The van der Waals surface area contributed by atoms with Gasteiger partial charge in [-0.25, -0.2) is 4.79 Å². The van der Waals surface area contributed by atoms with Crippen LogP contribution in [0.3, 0.4) is 0 Å². The third-order valence-electron chi connectivity index (χ3n) is 3.91. The lowest BCUT2D eigenvalue weighted by molar-refractivity contribution is -0.136. The smallest absolute Gasteiger partial charge is 0.340 e. The van der Waals surface area contributed by atoms with Crippen LogP contribution in [0.15, 0.2) is 53.8 Å². The number of carbonyl (C=O) groups is 2. The number of hydrogen-bond donors (Lipinski definition) is 0. The number of aryl methyl sites for hydroxylation is 1. The zero-order valence-electron chi connectivity index (χ0n) is 13.8. The van der Waals surface area contributed by atoms with Crippen LogP contribution in [0.4, 0.5) is 0 Å². The first kappa shape index (κ1) is 16.7. The molecule has 120 valence electrons. The van der Waals surface area contributed by atoms with Gasteiger partial charge in [0.1, 0.15) is 0 Å². The average molecular weight is 311 g/mol. The fourth-order valence-electron chi connectivity index (χ4n) is 2.59. The molecule has 0 unspecified atom stereocenters. The first-order valence-corrected chi connectivity index (χ1v) is 7.56. The van der Waals surface area contributed by atoms with Crippen molar-refractivity contribution in [2.24, 2.45) is 0 Å². The summed E-state index contributed by atoms with van der Waals surface area (Å²) in [5.41, 5.74) is 3.37. The van der Waals surface area contributed by atoms with Gasteiger partial charge >= 0.3 is 5.97 Å². The minimum atomic E-state index is -0.501. The van der Waals surface area contributed by atoms with Gasteiger partial charge in [-0.15, -0.1) is 6.58 Å². The summed E-state index contributed by atoms with van der Waals surface area (Å²) in [5.74, 6) is -0.707. The maximum Gasteiger partial charge on any atom is 0.340 e. The summed E-state index contributed by atoms with van der Waals surface area (Å²) in [6, 6.07) is 7.92. The monoisotopic (exact) mass is 311 g/mol. The average Bonchev–Trinajstić information content (AvgIpc) is 2.80. The van der Waals surface area contributed by atoms with Gasteiger partial charge in [0.25, 0.3) is 5.91 Å². The molecule has 0 bridgehead atoms. The molecular weight excluding hydrogens is 290 g/mol. The van der Waals surface area contributed by atoms with E-state index in [0.717, 1.165) is 12.0 Å². The first-order valence-electron chi connectivity index (χ1n) is 7.56. The maximum absolute atomic E-state index is 12.6. The molecule has 0 atom stereocenters. The quantitative estimate of drug-likeness (QED) is 0.477. The number of esters is 1. The van der Waals surface area contributed by atoms with Gasteiger partial charge in [0.15, 0.2) is 0 Å². The summed E-state index contributed by atoms with van der Waals surface area (Å²) >= 11 is 0. The van der Waals surface area contributed by atoms with E-state index in [0.29, 0.717) is 23.4 Å². The Bertz CT molecular complexity index is 696. The van der Waals surface area contributed by atoms with E-state index in [1.807, 2.05) is 24.3 Å². The molecule has 0 saturated carbocycles. The van der Waals surface area contributed by atoms with Crippen LogP contribution in [-0.4, -0.2) is 30.4 Å². The Morgan fingerprint density at radius 2 is 1.96 bits per heavy atom. The van der Waals surface area contributed by atoms with Crippen molar-refractivity contribution in [2.45, 2.75) is 20.3 Å². The Morgan fingerprint density at radius 3 is 2.48 bits per heavy atom. The van der Waals surface area contributed by atoms with Crippen molar-refractivity contribution in [1.82, 2.24) is 4.90 Å². The SMILES string of the molecule is C=CCN1C(=O)C(=Cc2ccc(CC)cc2)C(C(=O)OC)=C1C. The molecule has 1 aliphatic rings. The number of amides is 1. The summed E-state index contributed by atoms with van der Waals surface area (Å²) in [6.07, 6.45) is 4.32. The van der Waals surface area contributed by atoms with E-state index in [1.165, 1.54) is 17.6 Å². The molecule has 0 saturated heterocycles. The molecular formula is C19H21NO3. The van der Waals surface area contributed by atoms with Crippen LogP contribution in [0.2, 0.25) is 0 Å². The molecule has 4 heteroatoms. The predicted octanol–water partition coefficient (Wildman–Crippen LogP) is 3.11. The molecule has 23 heavy (non-hydrogen) atoms. The van der Waals surface area contributed by atoms with Crippen LogP contribution in [-0.2, 0) is 20.7 Å². The molecule has 1 aromatic carbocycles. The van der Waals surface area contributed by atoms with E-state index < -0.39 is 5.97 Å². The third kappa shape index (κ3) is 3.26. The Balaban J connectivity index is 2.48. The number of carbonyl (C=O) groups excluding carboxylic acids is 2. The van der Waals surface area contributed by atoms with Crippen LogP contribution in [0.1, 0.15) is 25.0 Å². The fraction of sp³-hybridized carbons (Fsp3) is 0.263. The number of hydrogen-bond acceptors (Lipinski definition) is 3. The number of methoxy groups -OCH3 is 1. The van der Waals surface area contributed by atoms with Crippen molar-refractivity contribution in [3.63, 3.8) is 0 Å².